The van der Waals surface area contributed by atoms with Crippen LogP contribution in [0.2, 0.25) is 0 Å². The highest BCUT2D eigenvalue weighted by Crippen LogP contribution is 2.31. The molecule has 2 atom stereocenters. The van der Waals surface area contributed by atoms with E-state index >= 15 is 0 Å². The van der Waals surface area contributed by atoms with Gasteiger partial charge in [-0.2, -0.15) is 0 Å². The van der Waals surface area contributed by atoms with Crippen LogP contribution in [0.1, 0.15) is 37.7 Å². The molecule has 0 bridgehead atoms. The summed E-state index contributed by atoms with van der Waals surface area (Å²) in [6.45, 7) is 3.43. The first kappa shape index (κ1) is 17.6. The van der Waals surface area contributed by atoms with E-state index in [1.54, 1.807) is 0 Å². The fraction of sp³-hybridized carbons (Fsp3) is 0.591. The van der Waals surface area contributed by atoms with E-state index in [0.717, 1.165) is 12.1 Å². The average molecular weight is 354 g/mol. The number of likely N-dealkylation sites (N-methyl/N-ethyl adjacent to an activating group) is 1. The molecule has 0 N–H and O–H groups in total. The number of aryl methyl sites for hydroxylation is 1. The van der Waals surface area contributed by atoms with E-state index in [1.165, 1.54) is 56.1 Å². The van der Waals surface area contributed by atoms with Crippen LogP contribution in [0.15, 0.2) is 30.5 Å². The molecule has 3 heterocycles. The summed E-state index contributed by atoms with van der Waals surface area (Å²) in [5, 5.41) is 1.20. The van der Waals surface area contributed by atoms with Gasteiger partial charge in [0.15, 0.2) is 0 Å². The van der Waals surface area contributed by atoms with Crippen molar-refractivity contribution in [2.24, 2.45) is 13.0 Å². The molecule has 0 radical (unpaired) electrons. The first-order valence-corrected chi connectivity index (χ1v) is 10.1. The first-order valence-electron chi connectivity index (χ1n) is 10.1. The lowest BCUT2D eigenvalue weighted by Gasteiger charge is -2.45. The van der Waals surface area contributed by atoms with E-state index < -0.39 is 0 Å². The number of benzene rings is 1. The second kappa shape index (κ2) is 7.43. The van der Waals surface area contributed by atoms with Crippen molar-refractivity contribution in [2.45, 2.75) is 44.6 Å². The number of rotatable bonds is 4. The summed E-state index contributed by atoms with van der Waals surface area (Å²) in [5.74, 6) is 0.889. The minimum atomic E-state index is 0.245. The molecule has 1 aromatic heterocycles. The summed E-state index contributed by atoms with van der Waals surface area (Å²) < 4.78 is 2.12. The Kier molecular flexibility index (Phi) is 5.03. The lowest BCUT2D eigenvalue weighted by Crippen LogP contribution is -2.51. The van der Waals surface area contributed by atoms with Gasteiger partial charge in [-0.05, 0) is 56.3 Å². The Morgan fingerprint density at radius 1 is 1.15 bits per heavy atom. The van der Waals surface area contributed by atoms with Gasteiger partial charge in [0.2, 0.25) is 5.91 Å². The van der Waals surface area contributed by atoms with Gasteiger partial charge >= 0.3 is 0 Å². The third-order valence-corrected chi connectivity index (χ3v) is 6.48. The number of hydrogen-bond donors (Lipinski definition) is 0. The largest absolute Gasteiger partial charge is 0.350 e. The van der Waals surface area contributed by atoms with Crippen LogP contribution < -0.4 is 0 Å². The van der Waals surface area contributed by atoms with Gasteiger partial charge in [0.25, 0.3) is 0 Å². The van der Waals surface area contributed by atoms with Crippen LogP contribution in [-0.2, 0) is 18.3 Å². The van der Waals surface area contributed by atoms with E-state index in [0.29, 0.717) is 18.4 Å². The molecule has 0 aliphatic carbocycles. The summed E-state index contributed by atoms with van der Waals surface area (Å²) in [6, 6.07) is 9.05. The number of para-hydroxylation sites is 1. The van der Waals surface area contributed by atoms with Crippen molar-refractivity contribution < 1.29 is 4.79 Å². The van der Waals surface area contributed by atoms with Gasteiger partial charge in [0.1, 0.15) is 0 Å². The number of nitrogens with zero attached hydrogens (tertiary/aromatic N) is 3. The predicted molar refractivity (Wildman–Crippen MR) is 106 cm³/mol. The second-order valence-electron chi connectivity index (χ2n) is 8.23. The Labute approximate surface area is 156 Å². The molecule has 4 heteroatoms. The van der Waals surface area contributed by atoms with E-state index in [9.17, 15) is 4.79 Å². The van der Waals surface area contributed by atoms with Crippen LogP contribution in [0.3, 0.4) is 0 Å². The molecular weight excluding hydrogens is 322 g/mol. The Bertz CT molecular complexity index is 779. The highest BCUT2D eigenvalue weighted by molar-refractivity contribution is 5.89. The van der Waals surface area contributed by atoms with Gasteiger partial charge in [-0.3, -0.25) is 4.79 Å². The van der Waals surface area contributed by atoms with E-state index in [-0.39, 0.29) is 5.91 Å². The van der Waals surface area contributed by atoms with Gasteiger partial charge in [-0.25, -0.2) is 0 Å². The number of hydrogen-bond acceptors (Lipinski definition) is 2. The van der Waals surface area contributed by atoms with Crippen LogP contribution >= 0.6 is 0 Å². The molecule has 2 fully saturated rings. The minimum Gasteiger partial charge on any atom is -0.350 e. The van der Waals surface area contributed by atoms with Crippen molar-refractivity contribution in [2.75, 3.05) is 26.7 Å². The lowest BCUT2D eigenvalue weighted by molar-refractivity contribution is -0.130. The maximum absolute atomic E-state index is 12.9. The summed E-state index contributed by atoms with van der Waals surface area (Å²) in [4.78, 5) is 17.6. The number of amides is 1. The molecule has 140 valence electrons. The van der Waals surface area contributed by atoms with Gasteiger partial charge < -0.3 is 14.4 Å². The molecule has 0 unspecified atom stereocenters. The van der Waals surface area contributed by atoms with Crippen molar-refractivity contribution in [1.29, 1.82) is 0 Å². The number of carbonyl (C=O) groups is 1. The molecule has 0 spiro atoms. The van der Waals surface area contributed by atoms with E-state index in [2.05, 4.69) is 47.0 Å². The molecule has 2 saturated heterocycles. The Hall–Kier alpha value is -1.81. The molecule has 2 aliphatic rings. The maximum Gasteiger partial charge on any atom is 0.226 e. The van der Waals surface area contributed by atoms with Crippen molar-refractivity contribution in [3.63, 3.8) is 0 Å². The smallest absolute Gasteiger partial charge is 0.226 e. The zero-order chi connectivity index (χ0) is 18.1. The van der Waals surface area contributed by atoms with E-state index in [4.69, 9.17) is 0 Å². The van der Waals surface area contributed by atoms with Crippen LogP contribution in [0.25, 0.3) is 10.9 Å². The predicted octanol–water partition coefficient (Wildman–Crippen LogP) is 3.44. The quantitative estimate of drug-likeness (QED) is 0.842. The molecule has 2 aromatic rings. The Morgan fingerprint density at radius 2 is 1.96 bits per heavy atom. The van der Waals surface area contributed by atoms with Gasteiger partial charge in [0, 0.05) is 43.8 Å². The highest BCUT2D eigenvalue weighted by Gasteiger charge is 2.34. The molecule has 26 heavy (non-hydrogen) atoms. The molecule has 1 amide bonds. The van der Waals surface area contributed by atoms with Crippen LogP contribution in [-0.4, -0.2) is 53.0 Å². The number of piperidine rings is 2. The van der Waals surface area contributed by atoms with Gasteiger partial charge in [-0.1, -0.05) is 24.6 Å². The second-order valence-corrected chi connectivity index (χ2v) is 8.23. The van der Waals surface area contributed by atoms with Crippen LogP contribution in [0.5, 0.6) is 0 Å². The fourth-order valence-electron chi connectivity index (χ4n) is 5.11. The molecular formula is C22H31N3O. The third kappa shape index (κ3) is 3.39. The summed E-state index contributed by atoms with van der Waals surface area (Å²) in [6.07, 6.45) is 9.18. The highest BCUT2D eigenvalue weighted by atomic mass is 16.2. The molecule has 4 rings (SSSR count). The first-order chi connectivity index (χ1) is 12.6. The summed E-state index contributed by atoms with van der Waals surface area (Å²) in [7, 11) is 4.05. The standard InChI is InChI=1S/C22H31N3O/c1-23-16-18(19-9-3-4-11-21(19)23)14-22(26)24(2)15-17-8-7-13-25-12-6-5-10-20(17)25/h3-4,9,11,16-17,20H,5-8,10,12-15H2,1-2H3/t17-,20+/m0/s1. The molecule has 0 saturated carbocycles. The lowest BCUT2D eigenvalue weighted by atomic mass is 9.83. The molecule has 4 nitrogen and oxygen atoms in total. The monoisotopic (exact) mass is 353 g/mol. The van der Waals surface area contributed by atoms with Crippen molar-refractivity contribution >= 4 is 16.8 Å². The van der Waals surface area contributed by atoms with Crippen molar-refractivity contribution in [3.05, 3.63) is 36.0 Å². The molecule has 1 aromatic carbocycles. The third-order valence-electron chi connectivity index (χ3n) is 6.48. The number of carbonyl (C=O) groups excluding carboxylic acids is 1. The van der Waals surface area contributed by atoms with Crippen LogP contribution in [0, 0.1) is 5.92 Å². The Morgan fingerprint density at radius 3 is 2.85 bits per heavy atom. The normalized spacial score (nSPS) is 23.8. The molecule has 2 aliphatic heterocycles. The summed E-state index contributed by atoms with van der Waals surface area (Å²) >= 11 is 0. The zero-order valence-electron chi connectivity index (χ0n) is 16.2. The summed E-state index contributed by atoms with van der Waals surface area (Å²) in [5.41, 5.74) is 2.34. The zero-order valence-corrected chi connectivity index (χ0v) is 16.2. The number of fused-ring (bicyclic) bond motifs is 2. The minimum absolute atomic E-state index is 0.245. The van der Waals surface area contributed by atoms with Crippen LogP contribution in [0.4, 0.5) is 0 Å². The van der Waals surface area contributed by atoms with Gasteiger partial charge in [0.05, 0.1) is 6.42 Å². The van der Waals surface area contributed by atoms with Crippen molar-refractivity contribution in [3.8, 4) is 0 Å². The Balaban J connectivity index is 1.42. The van der Waals surface area contributed by atoms with E-state index in [1.807, 2.05) is 11.9 Å². The van der Waals surface area contributed by atoms with Gasteiger partial charge in [-0.15, -0.1) is 0 Å². The fourth-order valence-corrected chi connectivity index (χ4v) is 5.11. The van der Waals surface area contributed by atoms with Crippen molar-refractivity contribution in [1.82, 2.24) is 14.4 Å². The SMILES string of the molecule is CN(C[C@@H]1CCCN2CCCC[C@H]12)C(=O)Cc1cn(C)c2ccccc12. The maximum atomic E-state index is 12.9. The number of aromatic nitrogens is 1. The average Bonchev–Trinajstić information content (AvgIpc) is 2.98. The topological polar surface area (TPSA) is 28.5 Å².